The van der Waals surface area contributed by atoms with Crippen molar-refractivity contribution >= 4 is 35.6 Å². The summed E-state index contributed by atoms with van der Waals surface area (Å²) in [7, 11) is 0. The van der Waals surface area contributed by atoms with Crippen LogP contribution in [0.2, 0.25) is 0 Å². The lowest BCUT2D eigenvalue weighted by Gasteiger charge is -2.18. The Morgan fingerprint density at radius 1 is 0.907 bits per heavy atom. The molecule has 0 aromatic carbocycles. The molecule has 0 fully saturated rings. The third-order valence-electron chi connectivity index (χ3n) is 5.92. The fourth-order valence-electron chi connectivity index (χ4n) is 3.70. The first-order chi connectivity index (χ1) is 20.7. The number of carbonyl (C=O) groups is 4. The molecule has 0 saturated carbocycles. The number of aryl methyl sites for hydroxylation is 1. The van der Waals surface area contributed by atoms with E-state index in [-0.39, 0.29) is 19.5 Å². The van der Waals surface area contributed by atoms with Gasteiger partial charge in [-0.25, -0.2) is 29.0 Å². The van der Waals surface area contributed by atoms with Crippen molar-refractivity contribution in [2.24, 2.45) is 0 Å². The molecule has 0 spiro atoms. The summed E-state index contributed by atoms with van der Waals surface area (Å²) >= 11 is 0. The molecule has 18 heteroatoms. The molecule has 0 radical (unpaired) electrons. The van der Waals surface area contributed by atoms with E-state index in [0.717, 1.165) is 5.69 Å². The molecule has 2 heterocycles. The van der Waals surface area contributed by atoms with Gasteiger partial charge in [-0.15, -0.1) is 5.10 Å². The lowest BCUT2D eigenvalue weighted by atomic mass is 10.1. The zero-order valence-electron chi connectivity index (χ0n) is 23.6. The van der Waals surface area contributed by atoms with Crippen molar-refractivity contribution < 1.29 is 43.6 Å². The zero-order chi connectivity index (χ0) is 31.5. The quantitative estimate of drug-likeness (QED) is 0.0858. The van der Waals surface area contributed by atoms with E-state index in [9.17, 15) is 28.7 Å². The Bertz CT molecular complexity index is 1170. The van der Waals surface area contributed by atoms with Gasteiger partial charge in [0.15, 0.2) is 0 Å². The molecule has 2 aromatic rings. The Balaban J connectivity index is 1.63. The maximum absolute atomic E-state index is 12.2. The van der Waals surface area contributed by atoms with Gasteiger partial charge >= 0.3 is 23.9 Å². The molecule has 0 aliphatic heterocycles. The molecule has 0 bridgehead atoms. The lowest BCUT2D eigenvalue weighted by molar-refractivity contribution is -0.140. The summed E-state index contributed by atoms with van der Waals surface area (Å²) in [5, 5.41) is 45.7. The minimum atomic E-state index is -1.46. The highest BCUT2D eigenvalue weighted by Gasteiger charge is 2.24. The Morgan fingerprint density at radius 2 is 1.58 bits per heavy atom. The molecule has 0 unspecified atom stereocenters. The standard InChI is InChI=1S/C25H38FN9O8/c26-8-3-4-17-15-35(34-33-17)11-13-43-12-10-28-21-14-20(29-16-30-21)27-9-2-1-5-18(23(38)39)31-25(42)32-19(24(40)41)6-7-22(36)37/h14-16,18-19H,1-13H2,(H,36,37)(H,38,39)(H,40,41)(H2,31,32,42)(H2,27,28,29,30)/t18-,19-/m0/s1. The minimum absolute atomic E-state index is 0.0884. The highest BCUT2D eigenvalue weighted by Crippen LogP contribution is 2.09. The number of carboxylic acid groups (broad SMARTS) is 3. The van der Waals surface area contributed by atoms with Gasteiger partial charge in [0.2, 0.25) is 0 Å². The van der Waals surface area contributed by atoms with Crippen LogP contribution in [0.1, 0.15) is 44.2 Å². The van der Waals surface area contributed by atoms with Crippen LogP contribution in [-0.4, -0.2) is 109 Å². The van der Waals surface area contributed by atoms with Crippen molar-refractivity contribution in [3.05, 3.63) is 24.3 Å². The van der Waals surface area contributed by atoms with E-state index in [0.29, 0.717) is 70.2 Å². The van der Waals surface area contributed by atoms with Crippen LogP contribution >= 0.6 is 0 Å². The van der Waals surface area contributed by atoms with E-state index in [1.54, 1.807) is 16.9 Å². The fraction of sp³-hybridized carbons (Fsp3) is 0.600. The number of hydrogen-bond acceptors (Lipinski definition) is 11. The number of nitrogens with one attached hydrogen (secondary N) is 4. The molecule has 2 amide bonds. The minimum Gasteiger partial charge on any atom is -0.481 e. The van der Waals surface area contributed by atoms with Gasteiger partial charge in [-0.1, -0.05) is 5.21 Å². The number of hydrogen-bond donors (Lipinski definition) is 7. The first-order valence-electron chi connectivity index (χ1n) is 13.7. The van der Waals surface area contributed by atoms with Crippen molar-refractivity contribution in [1.29, 1.82) is 0 Å². The molecule has 0 aliphatic carbocycles. The number of anilines is 2. The number of alkyl halides is 1. The number of unbranched alkanes of at least 4 members (excludes halogenated alkanes) is 1. The summed E-state index contributed by atoms with van der Waals surface area (Å²) < 4.78 is 19.5. The Labute approximate surface area is 246 Å². The molecule has 2 rings (SSSR count). The first-order valence-corrected chi connectivity index (χ1v) is 13.7. The predicted octanol–water partition coefficient (Wildman–Crippen LogP) is 0.752. The van der Waals surface area contributed by atoms with E-state index in [4.69, 9.17) is 14.9 Å². The van der Waals surface area contributed by atoms with Crippen LogP contribution in [0, 0.1) is 0 Å². The summed E-state index contributed by atoms with van der Waals surface area (Å²) in [6.45, 7) is 1.96. The smallest absolute Gasteiger partial charge is 0.326 e. The van der Waals surface area contributed by atoms with Crippen LogP contribution in [0.15, 0.2) is 18.6 Å². The SMILES string of the molecule is O=C(O)CC[C@H](NC(=O)N[C@@H](CCCCNc1cc(NCCOCCn2cc(CCCF)nn2)ncn1)C(=O)O)C(=O)O. The topological polar surface area (TPSA) is 243 Å². The summed E-state index contributed by atoms with van der Waals surface area (Å²) in [5.41, 5.74) is 0.749. The Kier molecular flexibility index (Phi) is 15.7. The van der Waals surface area contributed by atoms with E-state index < -0.39 is 42.4 Å². The first kappa shape index (κ1) is 34.6. The van der Waals surface area contributed by atoms with Crippen molar-refractivity contribution in [2.75, 3.05) is 43.6 Å². The average molecular weight is 612 g/mol. The number of aromatic nitrogens is 5. The van der Waals surface area contributed by atoms with Crippen LogP contribution in [-0.2, 0) is 32.1 Å². The summed E-state index contributed by atoms with van der Waals surface area (Å²) in [4.78, 5) is 53.8. The number of ether oxygens (including phenoxy) is 1. The molecule has 7 N–H and O–H groups in total. The normalized spacial score (nSPS) is 12.2. The summed E-state index contributed by atoms with van der Waals surface area (Å²) in [5.74, 6) is -2.79. The molecular weight excluding hydrogens is 573 g/mol. The van der Waals surface area contributed by atoms with Gasteiger partial charge in [-0.05, 0) is 38.5 Å². The largest absolute Gasteiger partial charge is 0.481 e. The van der Waals surface area contributed by atoms with Crippen molar-refractivity contribution in [3.8, 4) is 0 Å². The van der Waals surface area contributed by atoms with Gasteiger partial charge in [0.25, 0.3) is 0 Å². The second-order valence-corrected chi connectivity index (χ2v) is 9.35. The maximum atomic E-state index is 12.2. The predicted molar refractivity (Wildman–Crippen MR) is 149 cm³/mol. The van der Waals surface area contributed by atoms with Gasteiger partial charge in [0.1, 0.15) is 30.0 Å². The second kappa shape index (κ2) is 19.5. The second-order valence-electron chi connectivity index (χ2n) is 9.35. The molecule has 238 valence electrons. The van der Waals surface area contributed by atoms with Gasteiger partial charge in [-0.3, -0.25) is 9.18 Å². The monoisotopic (exact) mass is 611 g/mol. The fourth-order valence-corrected chi connectivity index (χ4v) is 3.70. The molecule has 0 saturated heterocycles. The van der Waals surface area contributed by atoms with Crippen LogP contribution in [0.25, 0.3) is 0 Å². The lowest BCUT2D eigenvalue weighted by Crippen LogP contribution is -2.51. The van der Waals surface area contributed by atoms with Crippen LogP contribution < -0.4 is 21.3 Å². The average Bonchev–Trinajstić information content (AvgIpc) is 3.42. The number of rotatable bonds is 23. The molecule has 43 heavy (non-hydrogen) atoms. The van der Waals surface area contributed by atoms with Crippen molar-refractivity contribution in [1.82, 2.24) is 35.6 Å². The van der Waals surface area contributed by atoms with Crippen LogP contribution in [0.3, 0.4) is 0 Å². The third kappa shape index (κ3) is 14.7. The molecule has 2 aromatic heterocycles. The molecular formula is C25H38FN9O8. The maximum Gasteiger partial charge on any atom is 0.326 e. The highest BCUT2D eigenvalue weighted by molar-refractivity contribution is 5.86. The number of carboxylic acids is 3. The van der Waals surface area contributed by atoms with E-state index in [1.165, 1.54) is 6.33 Å². The summed E-state index contributed by atoms with van der Waals surface area (Å²) in [6, 6.07) is -2.02. The van der Waals surface area contributed by atoms with E-state index in [2.05, 4.69) is 41.5 Å². The van der Waals surface area contributed by atoms with Gasteiger partial charge in [-0.2, -0.15) is 0 Å². The van der Waals surface area contributed by atoms with E-state index in [1.807, 2.05) is 0 Å². The Hall–Kier alpha value is -4.61. The van der Waals surface area contributed by atoms with Crippen molar-refractivity contribution in [3.63, 3.8) is 0 Å². The van der Waals surface area contributed by atoms with Crippen molar-refractivity contribution in [2.45, 2.75) is 63.6 Å². The molecule has 17 nitrogen and oxygen atoms in total. The van der Waals surface area contributed by atoms with Gasteiger partial charge < -0.3 is 41.3 Å². The van der Waals surface area contributed by atoms with E-state index >= 15 is 0 Å². The number of nitrogens with zero attached hydrogens (tertiary/aromatic N) is 5. The number of aliphatic carboxylic acids is 3. The number of halogens is 1. The Morgan fingerprint density at radius 3 is 2.23 bits per heavy atom. The van der Waals surface area contributed by atoms with Crippen LogP contribution in [0.5, 0.6) is 0 Å². The van der Waals surface area contributed by atoms with Crippen LogP contribution in [0.4, 0.5) is 20.8 Å². The highest BCUT2D eigenvalue weighted by atomic mass is 19.1. The summed E-state index contributed by atoms with van der Waals surface area (Å²) in [6.07, 6.45) is 4.39. The number of urea groups is 1. The van der Waals surface area contributed by atoms with Gasteiger partial charge in [0.05, 0.1) is 32.1 Å². The van der Waals surface area contributed by atoms with Gasteiger partial charge in [0, 0.05) is 31.8 Å². The molecule has 2 atom stereocenters. The molecule has 0 aliphatic rings. The zero-order valence-corrected chi connectivity index (χ0v) is 23.6. The third-order valence-corrected chi connectivity index (χ3v) is 5.92. The number of amides is 2. The number of carbonyl (C=O) groups excluding carboxylic acids is 1.